The molecule has 0 aliphatic carbocycles. The molecule has 1 fully saturated rings. The number of carbonyl (C=O) groups is 1. The minimum absolute atomic E-state index is 0.168. The summed E-state index contributed by atoms with van der Waals surface area (Å²) in [5.41, 5.74) is 0.600. The van der Waals surface area contributed by atoms with Gasteiger partial charge in [-0.2, -0.15) is 0 Å². The number of aliphatic hydroxyl groups is 4. The van der Waals surface area contributed by atoms with Gasteiger partial charge in [-0.3, -0.25) is 0 Å². The van der Waals surface area contributed by atoms with Gasteiger partial charge in [0.25, 0.3) is 0 Å². The molecule has 246 valence electrons. The van der Waals surface area contributed by atoms with Crippen LogP contribution in [0, 0.1) is 0 Å². The number of carbonyl (C=O) groups excluding carboxylic acids is 1. The average molecular weight is 597 g/mol. The molecule has 2 heterocycles. The van der Waals surface area contributed by atoms with E-state index in [1.54, 1.807) is 6.08 Å². The van der Waals surface area contributed by atoms with Crippen LogP contribution in [-0.2, 0) is 14.3 Å². The Kier molecular flexibility index (Phi) is 19.9. The Labute approximate surface area is 256 Å². The molecule has 0 saturated carbocycles. The normalized spacial score (nSPS) is 23.5. The molecule has 0 unspecified atom stereocenters. The fraction of sp³-hybridized carbons (Fsp3) is 0.914. The fourth-order valence-corrected chi connectivity index (χ4v) is 6.40. The van der Waals surface area contributed by atoms with Gasteiger partial charge in [-0.25, -0.2) is 4.79 Å². The molecule has 0 amide bonds. The van der Waals surface area contributed by atoms with Gasteiger partial charge in [-0.15, -0.1) is 0 Å². The first-order chi connectivity index (χ1) is 20.3. The lowest BCUT2D eigenvalue weighted by molar-refractivity contribution is -0.139. The lowest BCUT2D eigenvalue weighted by Gasteiger charge is -2.22. The Morgan fingerprint density at radius 1 is 0.738 bits per heavy atom. The zero-order valence-corrected chi connectivity index (χ0v) is 26.9. The topological polar surface area (TPSA) is 116 Å². The molecular weight excluding hydrogens is 532 g/mol. The molecular formula is C35H64O7. The van der Waals surface area contributed by atoms with Crippen molar-refractivity contribution in [3.63, 3.8) is 0 Å². The van der Waals surface area contributed by atoms with Crippen LogP contribution in [0.4, 0.5) is 0 Å². The Morgan fingerprint density at radius 2 is 1.31 bits per heavy atom. The quantitative estimate of drug-likeness (QED) is 0.0624. The lowest BCUT2D eigenvalue weighted by Crippen LogP contribution is -2.31. The molecule has 7 heteroatoms. The number of cyclic esters (lactones) is 1. The minimum Gasteiger partial charge on any atom is -0.455 e. The van der Waals surface area contributed by atoms with Crippen molar-refractivity contribution in [2.45, 2.75) is 204 Å². The summed E-state index contributed by atoms with van der Waals surface area (Å²) in [6.45, 7) is 4.07. The van der Waals surface area contributed by atoms with Gasteiger partial charge in [0.2, 0.25) is 0 Å². The van der Waals surface area contributed by atoms with E-state index in [-0.39, 0.29) is 24.3 Å². The Morgan fingerprint density at radius 3 is 1.93 bits per heavy atom. The summed E-state index contributed by atoms with van der Waals surface area (Å²) in [4.78, 5) is 11.7. The molecule has 2 rings (SSSR count). The summed E-state index contributed by atoms with van der Waals surface area (Å²) in [5.74, 6) is -0.295. The van der Waals surface area contributed by atoms with E-state index in [0.29, 0.717) is 37.7 Å². The number of esters is 1. The largest absolute Gasteiger partial charge is 0.455 e. The third-order valence-corrected chi connectivity index (χ3v) is 9.14. The highest BCUT2D eigenvalue weighted by atomic mass is 16.5. The Hall–Kier alpha value is -0.990. The minimum atomic E-state index is -0.781. The molecule has 7 atom stereocenters. The van der Waals surface area contributed by atoms with Gasteiger partial charge in [0.1, 0.15) is 6.10 Å². The van der Waals surface area contributed by atoms with Crippen LogP contribution in [-0.4, -0.2) is 69.1 Å². The van der Waals surface area contributed by atoms with E-state index in [1.807, 2.05) is 6.92 Å². The molecule has 42 heavy (non-hydrogen) atoms. The zero-order valence-electron chi connectivity index (χ0n) is 26.9. The second-order valence-electron chi connectivity index (χ2n) is 13.1. The molecule has 0 aromatic heterocycles. The van der Waals surface area contributed by atoms with Crippen LogP contribution in [0.3, 0.4) is 0 Å². The van der Waals surface area contributed by atoms with Crippen LogP contribution in [0.25, 0.3) is 0 Å². The van der Waals surface area contributed by atoms with Crippen LogP contribution < -0.4 is 0 Å². The van der Waals surface area contributed by atoms with Crippen LogP contribution >= 0.6 is 0 Å². The predicted molar refractivity (Wildman–Crippen MR) is 168 cm³/mol. The van der Waals surface area contributed by atoms with Crippen molar-refractivity contribution in [1.82, 2.24) is 0 Å². The average Bonchev–Trinajstić information content (AvgIpc) is 3.57. The van der Waals surface area contributed by atoms with Crippen LogP contribution in [0.1, 0.15) is 162 Å². The molecule has 0 radical (unpaired) electrons. The van der Waals surface area contributed by atoms with Crippen molar-refractivity contribution >= 4 is 5.97 Å². The molecule has 0 bridgehead atoms. The van der Waals surface area contributed by atoms with E-state index < -0.39 is 24.4 Å². The second kappa shape index (κ2) is 22.5. The maximum atomic E-state index is 11.7. The summed E-state index contributed by atoms with van der Waals surface area (Å²) >= 11 is 0. The molecule has 1 saturated heterocycles. The van der Waals surface area contributed by atoms with Crippen molar-refractivity contribution in [1.29, 1.82) is 0 Å². The Balaban J connectivity index is 1.42. The third-order valence-electron chi connectivity index (χ3n) is 9.14. The zero-order chi connectivity index (χ0) is 30.6. The van der Waals surface area contributed by atoms with Crippen LogP contribution in [0.5, 0.6) is 0 Å². The summed E-state index contributed by atoms with van der Waals surface area (Å²) in [6, 6.07) is 0. The highest BCUT2D eigenvalue weighted by Gasteiger charge is 2.31. The first-order valence-electron chi connectivity index (χ1n) is 17.6. The van der Waals surface area contributed by atoms with Crippen LogP contribution in [0.2, 0.25) is 0 Å². The van der Waals surface area contributed by atoms with E-state index in [2.05, 4.69) is 6.92 Å². The summed E-state index contributed by atoms with van der Waals surface area (Å²) in [6.07, 6.45) is 22.4. The number of rotatable bonds is 26. The van der Waals surface area contributed by atoms with E-state index in [1.165, 1.54) is 51.4 Å². The van der Waals surface area contributed by atoms with Gasteiger partial charge in [-0.1, -0.05) is 103 Å². The number of hydrogen-bond donors (Lipinski definition) is 4. The van der Waals surface area contributed by atoms with E-state index in [4.69, 9.17) is 9.47 Å². The first-order valence-corrected chi connectivity index (χ1v) is 17.6. The van der Waals surface area contributed by atoms with Gasteiger partial charge < -0.3 is 29.9 Å². The van der Waals surface area contributed by atoms with Crippen LogP contribution in [0.15, 0.2) is 11.6 Å². The maximum absolute atomic E-state index is 11.7. The molecule has 0 aromatic carbocycles. The van der Waals surface area contributed by atoms with Gasteiger partial charge in [0.05, 0.1) is 36.6 Å². The number of unbranched alkanes of at least 4 members (excludes halogenated alkanes) is 13. The summed E-state index contributed by atoms with van der Waals surface area (Å²) < 4.78 is 11.2. The van der Waals surface area contributed by atoms with Gasteiger partial charge in [0.15, 0.2) is 0 Å². The van der Waals surface area contributed by atoms with Crippen molar-refractivity contribution in [2.24, 2.45) is 0 Å². The fourth-order valence-electron chi connectivity index (χ4n) is 6.40. The predicted octanol–water partition coefficient (Wildman–Crippen LogP) is 7.06. The molecule has 2 aliphatic rings. The van der Waals surface area contributed by atoms with Crippen molar-refractivity contribution in [3.8, 4) is 0 Å². The number of hydrogen-bond acceptors (Lipinski definition) is 7. The molecule has 7 nitrogen and oxygen atoms in total. The van der Waals surface area contributed by atoms with E-state index in [0.717, 1.165) is 64.2 Å². The molecule has 2 aliphatic heterocycles. The monoisotopic (exact) mass is 596 g/mol. The van der Waals surface area contributed by atoms with E-state index >= 15 is 0 Å². The number of ether oxygens (including phenoxy) is 2. The van der Waals surface area contributed by atoms with Gasteiger partial charge in [0, 0.05) is 12.0 Å². The maximum Gasteiger partial charge on any atom is 0.334 e. The van der Waals surface area contributed by atoms with Gasteiger partial charge in [-0.05, 0) is 57.9 Å². The smallest absolute Gasteiger partial charge is 0.334 e. The van der Waals surface area contributed by atoms with Gasteiger partial charge >= 0.3 is 5.97 Å². The second-order valence-corrected chi connectivity index (χ2v) is 13.1. The SMILES string of the molecule is CCCCCCCCCCCC[C@@H](O)[C@H](O)CC[C@H](O)[C@@H]1CC[C@@H](CCCCCCC[C@@H](O)CC2=C[C@H](C)OC2=O)O1. The molecule has 0 spiro atoms. The van der Waals surface area contributed by atoms with Crippen molar-refractivity contribution in [2.75, 3.05) is 0 Å². The third kappa shape index (κ3) is 16.2. The summed E-state index contributed by atoms with van der Waals surface area (Å²) in [7, 11) is 0. The highest BCUT2D eigenvalue weighted by Crippen LogP contribution is 2.28. The standard InChI is InChI=1S/C35H64O7/c1-3-4-5-6-7-8-9-10-14-17-20-31(37)32(38)22-23-33(39)34-24-21-30(42-34)19-16-13-11-12-15-18-29(36)26-28-25-27(2)41-35(28)40/h25,27,29-34,36-39H,3-24,26H2,1-2H3/t27-,29+,30+,31+,32+,33-,34-/m0/s1. The summed E-state index contributed by atoms with van der Waals surface area (Å²) in [5, 5.41) is 41.6. The molecule has 0 aromatic rings. The van der Waals surface area contributed by atoms with E-state index in [9.17, 15) is 25.2 Å². The molecule has 4 N–H and O–H groups in total. The van der Waals surface area contributed by atoms with Crippen molar-refractivity contribution < 1.29 is 34.7 Å². The van der Waals surface area contributed by atoms with Crippen molar-refractivity contribution in [3.05, 3.63) is 11.6 Å². The Bertz CT molecular complexity index is 726. The highest BCUT2D eigenvalue weighted by molar-refractivity contribution is 5.90. The number of aliphatic hydroxyl groups excluding tert-OH is 4. The lowest BCUT2D eigenvalue weighted by atomic mass is 9.97. The first kappa shape index (κ1) is 37.2.